The van der Waals surface area contributed by atoms with Crippen LogP contribution in [0.3, 0.4) is 0 Å². The maximum absolute atomic E-state index is 12.3. The van der Waals surface area contributed by atoms with Crippen molar-refractivity contribution in [2.24, 2.45) is 5.73 Å². The average molecular weight is 276 g/mol. The molecule has 5 nitrogen and oxygen atoms in total. The van der Waals surface area contributed by atoms with Gasteiger partial charge >= 0.3 is 0 Å². The van der Waals surface area contributed by atoms with Crippen molar-refractivity contribution in [3.05, 3.63) is 17.0 Å². The fourth-order valence-corrected chi connectivity index (χ4v) is 5.08. The fraction of sp³-hybridized carbons (Fsp3) is 0.600. The van der Waals surface area contributed by atoms with Crippen molar-refractivity contribution in [1.82, 2.24) is 4.31 Å². The molecule has 17 heavy (non-hydrogen) atoms. The average Bonchev–Trinajstić information content (AvgIpc) is 2.97. The molecule has 1 aromatic heterocycles. The highest BCUT2D eigenvalue weighted by Gasteiger charge is 2.35. The van der Waals surface area contributed by atoms with Crippen LogP contribution >= 0.6 is 11.3 Å². The van der Waals surface area contributed by atoms with Crippen LogP contribution in [0.25, 0.3) is 0 Å². The molecular weight excluding hydrogens is 260 g/mol. The first-order chi connectivity index (χ1) is 8.09. The summed E-state index contributed by atoms with van der Waals surface area (Å²) in [4.78, 5) is 0.850. The smallest absolute Gasteiger partial charge is 0.252 e. The number of sulfonamides is 1. The first kappa shape index (κ1) is 13.0. The maximum atomic E-state index is 12.3. The van der Waals surface area contributed by atoms with Crippen molar-refractivity contribution in [2.75, 3.05) is 13.2 Å². The van der Waals surface area contributed by atoms with Crippen LogP contribution in [0.4, 0.5) is 0 Å². The second-order valence-corrected chi connectivity index (χ2v) is 7.30. The summed E-state index contributed by atoms with van der Waals surface area (Å²) in [6.45, 7) is 0.724. The molecule has 96 valence electrons. The summed E-state index contributed by atoms with van der Waals surface area (Å²) < 4.78 is 26.4. The van der Waals surface area contributed by atoms with Crippen molar-refractivity contribution < 1.29 is 13.5 Å². The Morgan fingerprint density at radius 3 is 2.88 bits per heavy atom. The molecule has 0 spiro atoms. The van der Waals surface area contributed by atoms with Gasteiger partial charge in [-0.05, 0) is 25.0 Å². The third-order valence-electron chi connectivity index (χ3n) is 2.94. The number of nitrogens with zero attached hydrogens (tertiary/aromatic N) is 1. The third kappa shape index (κ3) is 2.38. The summed E-state index contributed by atoms with van der Waals surface area (Å²) >= 11 is 1.20. The van der Waals surface area contributed by atoms with Gasteiger partial charge < -0.3 is 10.8 Å². The lowest BCUT2D eigenvalue weighted by atomic mass is 10.2. The van der Waals surface area contributed by atoms with Gasteiger partial charge in [-0.25, -0.2) is 8.42 Å². The van der Waals surface area contributed by atoms with Crippen molar-refractivity contribution in [1.29, 1.82) is 0 Å². The van der Waals surface area contributed by atoms with E-state index in [1.165, 1.54) is 15.6 Å². The Hall–Kier alpha value is -0.470. The van der Waals surface area contributed by atoms with E-state index in [0.29, 0.717) is 17.3 Å². The first-order valence-electron chi connectivity index (χ1n) is 5.51. The molecule has 2 rings (SSSR count). The molecule has 1 aliphatic heterocycles. The van der Waals surface area contributed by atoms with E-state index in [2.05, 4.69) is 0 Å². The van der Waals surface area contributed by atoms with Gasteiger partial charge in [0.15, 0.2) is 0 Å². The zero-order valence-electron chi connectivity index (χ0n) is 9.37. The third-order valence-corrected chi connectivity index (χ3v) is 6.46. The van der Waals surface area contributed by atoms with E-state index in [-0.39, 0.29) is 12.6 Å². The lowest BCUT2D eigenvalue weighted by molar-refractivity contribution is 0.213. The molecule has 1 saturated heterocycles. The summed E-state index contributed by atoms with van der Waals surface area (Å²) in [5, 5.41) is 9.18. The van der Waals surface area contributed by atoms with Crippen LogP contribution in [-0.4, -0.2) is 37.0 Å². The molecule has 1 aliphatic rings. The van der Waals surface area contributed by atoms with Gasteiger partial charge in [0.1, 0.15) is 4.21 Å². The Kier molecular flexibility index (Phi) is 3.84. The van der Waals surface area contributed by atoms with E-state index in [9.17, 15) is 13.5 Å². The van der Waals surface area contributed by atoms with Crippen LogP contribution in [0.1, 0.15) is 17.7 Å². The molecule has 0 aromatic carbocycles. The Balaban J connectivity index is 2.29. The molecule has 1 fully saturated rings. The van der Waals surface area contributed by atoms with Crippen molar-refractivity contribution in [3.63, 3.8) is 0 Å². The van der Waals surface area contributed by atoms with Gasteiger partial charge in [-0.1, -0.05) is 0 Å². The van der Waals surface area contributed by atoms with Gasteiger partial charge in [0.05, 0.1) is 6.61 Å². The normalized spacial score (nSPS) is 22.1. The summed E-state index contributed by atoms with van der Waals surface area (Å²) in [7, 11) is -3.45. The van der Waals surface area contributed by atoms with Gasteiger partial charge in [-0.3, -0.25) is 0 Å². The molecule has 1 unspecified atom stereocenters. The number of nitrogens with two attached hydrogens (primary N) is 1. The van der Waals surface area contributed by atoms with E-state index in [0.717, 1.165) is 17.7 Å². The molecule has 7 heteroatoms. The number of rotatable bonds is 4. The molecular formula is C10H16N2O3S2. The predicted octanol–water partition coefficient (Wildman–Crippen LogP) is 0.352. The van der Waals surface area contributed by atoms with Crippen LogP contribution < -0.4 is 5.73 Å². The van der Waals surface area contributed by atoms with Crippen LogP contribution in [0.2, 0.25) is 0 Å². The molecule has 2 heterocycles. The number of hydrogen-bond acceptors (Lipinski definition) is 5. The van der Waals surface area contributed by atoms with Crippen LogP contribution in [-0.2, 0) is 16.6 Å². The molecule has 1 atom stereocenters. The standard InChI is InChI=1S/C10H16N2O3S2/c11-6-9-3-4-10(16-9)17(14,15)12-5-1-2-8(12)7-13/h3-4,8,13H,1-2,5-7,11H2. The first-order valence-corrected chi connectivity index (χ1v) is 7.76. The largest absolute Gasteiger partial charge is 0.395 e. The van der Waals surface area contributed by atoms with E-state index < -0.39 is 10.0 Å². The van der Waals surface area contributed by atoms with Crippen molar-refractivity contribution in [3.8, 4) is 0 Å². The summed E-state index contributed by atoms with van der Waals surface area (Å²) in [6.07, 6.45) is 1.53. The molecule has 0 saturated carbocycles. The lowest BCUT2D eigenvalue weighted by Crippen LogP contribution is -2.37. The van der Waals surface area contributed by atoms with E-state index in [1.54, 1.807) is 12.1 Å². The van der Waals surface area contributed by atoms with Crippen LogP contribution in [0.5, 0.6) is 0 Å². The molecule has 0 bridgehead atoms. The minimum absolute atomic E-state index is 0.117. The van der Waals surface area contributed by atoms with Crippen molar-refractivity contribution >= 4 is 21.4 Å². The monoisotopic (exact) mass is 276 g/mol. The van der Waals surface area contributed by atoms with Crippen LogP contribution in [0, 0.1) is 0 Å². The van der Waals surface area contributed by atoms with Gasteiger partial charge in [0, 0.05) is 24.0 Å². The molecule has 0 aliphatic carbocycles. The maximum Gasteiger partial charge on any atom is 0.252 e. The topological polar surface area (TPSA) is 83.6 Å². The number of aliphatic hydroxyl groups excluding tert-OH is 1. The Bertz CT molecular complexity index is 483. The molecule has 3 N–H and O–H groups in total. The van der Waals surface area contributed by atoms with E-state index in [4.69, 9.17) is 5.73 Å². The highest BCUT2D eigenvalue weighted by atomic mass is 32.2. The highest BCUT2D eigenvalue weighted by Crippen LogP contribution is 2.29. The second kappa shape index (κ2) is 5.03. The van der Waals surface area contributed by atoms with E-state index >= 15 is 0 Å². The Morgan fingerprint density at radius 2 is 2.29 bits per heavy atom. The SMILES string of the molecule is NCc1ccc(S(=O)(=O)N2CCCC2CO)s1. The second-order valence-electron chi connectivity index (χ2n) is 4.02. The summed E-state index contributed by atoms with van der Waals surface area (Å²) in [5.41, 5.74) is 5.48. The zero-order valence-corrected chi connectivity index (χ0v) is 11.0. The molecule has 0 amide bonds. The molecule has 0 radical (unpaired) electrons. The van der Waals surface area contributed by atoms with Gasteiger partial charge in [-0.2, -0.15) is 4.31 Å². The Labute approximate surface area is 105 Å². The number of aliphatic hydroxyl groups is 1. The number of thiophene rings is 1. The minimum atomic E-state index is -3.45. The quantitative estimate of drug-likeness (QED) is 0.831. The highest BCUT2D eigenvalue weighted by molar-refractivity contribution is 7.91. The van der Waals surface area contributed by atoms with Gasteiger partial charge in [0.2, 0.25) is 0 Å². The summed E-state index contributed by atoms with van der Waals surface area (Å²) in [5.74, 6) is 0. The fourth-order valence-electron chi connectivity index (χ4n) is 2.03. The van der Waals surface area contributed by atoms with Gasteiger partial charge in [0.25, 0.3) is 10.0 Å². The van der Waals surface area contributed by atoms with Crippen LogP contribution in [0.15, 0.2) is 16.3 Å². The number of hydrogen-bond donors (Lipinski definition) is 2. The zero-order chi connectivity index (χ0) is 12.5. The minimum Gasteiger partial charge on any atom is -0.395 e. The predicted molar refractivity (Wildman–Crippen MR) is 66.2 cm³/mol. The van der Waals surface area contributed by atoms with E-state index in [1.807, 2.05) is 0 Å². The lowest BCUT2D eigenvalue weighted by Gasteiger charge is -2.21. The van der Waals surface area contributed by atoms with Crippen molar-refractivity contribution in [2.45, 2.75) is 29.6 Å². The summed E-state index contributed by atoms with van der Waals surface area (Å²) in [6, 6.07) is 3.06. The Morgan fingerprint density at radius 1 is 1.53 bits per heavy atom. The molecule has 1 aromatic rings. The van der Waals surface area contributed by atoms with Gasteiger partial charge in [-0.15, -0.1) is 11.3 Å².